The molecule has 0 atom stereocenters. The summed E-state index contributed by atoms with van der Waals surface area (Å²) >= 11 is 5.63. The first-order valence-electron chi connectivity index (χ1n) is 4.97. The molecular weight excluding hydrogens is 258 g/mol. The highest BCUT2D eigenvalue weighted by atomic mass is 35.5. The highest BCUT2D eigenvalue weighted by Gasteiger charge is 2.19. The topological polar surface area (TPSA) is 78.2 Å². The number of ether oxygens (including phenoxy) is 1. The molecule has 0 aliphatic heterocycles. The summed E-state index contributed by atoms with van der Waals surface area (Å²) in [5.41, 5.74) is 0.405. The van der Waals surface area contributed by atoms with E-state index in [1.165, 1.54) is 18.5 Å². The van der Waals surface area contributed by atoms with Gasteiger partial charge in [-0.2, -0.15) is 0 Å². The fraction of sp³-hybridized carbons (Fsp3) is 0.0909. The summed E-state index contributed by atoms with van der Waals surface area (Å²) in [5.74, 6) is 0.0994. The van der Waals surface area contributed by atoms with E-state index in [0.717, 1.165) is 0 Å². The third kappa shape index (κ3) is 2.54. The first-order valence-corrected chi connectivity index (χ1v) is 5.35. The van der Waals surface area contributed by atoms with E-state index < -0.39 is 4.92 Å². The second-order valence-electron chi connectivity index (χ2n) is 3.46. The van der Waals surface area contributed by atoms with Gasteiger partial charge < -0.3 is 4.74 Å². The minimum Gasteiger partial charge on any atom is -0.417 e. The van der Waals surface area contributed by atoms with Gasteiger partial charge in [-0.3, -0.25) is 10.1 Å². The van der Waals surface area contributed by atoms with E-state index in [9.17, 15) is 10.1 Å². The number of nitrogens with zero attached hydrogens (tertiary/aromatic N) is 3. The van der Waals surface area contributed by atoms with Crippen molar-refractivity contribution in [1.29, 1.82) is 0 Å². The van der Waals surface area contributed by atoms with E-state index >= 15 is 0 Å². The minimum absolute atomic E-state index is 0.00750. The third-order valence-electron chi connectivity index (χ3n) is 2.18. The smallest absolute Gasteiger partial charge is 0.322 e. The Morgan fingerprint density at radius 3 is 2.61 bits per heavy atom. The molecule has 0 amide bonds. The predicted octanol–water partition coefficient (Wildman–Crippen LogP) is 3.14. The molecule has 92 valence electrons. The molecular formula is C11H8ClN3O3. The van der Waals surface area contributed by atoms with Crippen LogP contribution in [-0.4, -0.2) is 14.9 Å². The lowest BCUT2D eigenvalue weighted by molar-refractivity contribution is -0.386. The van der Waals surface area contributed by atoms with Crippen LogP contribution >= 0.6 is 11.6 Å². The monoisotopic (exact) mass is 265 g/mol. The molecule has 2 aromatic rings. The van der Waals surface area contributed by atoms with Crippen molar-refractivity contribution in [3.05, 3.63) is 51.3 Å². The van der Waals surface area contributed by atoms with Crippen LogP contribution < -0.4 is 4.74 Å². The maximum atomic E-state index is 11.0. The number of para-hydroxylation sites is 1. The number of hydrogen-bond donors (Lipinski definition) is 0. The summed E-state index contributed by atoms with van der Waals surface area (Å²) in [7, 11) is 0. The van der Waals surface area contributed by atoms with E-state index in [2.05, 4.69) is 9.97 Å². The van der Waals surface area contributed by atoms with Gasteiger partial charge in [-0.1, -0.05) is 23.7 Å². The molecule has 18 heavy (non-hydrogen) atoms. The number of hydrogen-bond acceptors (Lipinski definition) is 5. The Kier molecular flexibility index (Phi) is 3.38. The molecule has 1 aromatic carbocycles. The lowest BCUT2D eigenvalue weighted by Gasteiger charge is -2.05. The quantitative estimate of drug-likeness (QED) is 0.629. The van der Waals surface area contributed by atoms with Crippen LogP contribution in [0, 0.1) is 17.0 Å². The number of aryl methyl sites for hydroxylation is 1. The molecule has 0 unspecified atom stereocenters. The number of halogens is 1. The first kappa shape index (κ1) is 12.3. The van der Waals surface area contributed by atoms with Gasteiger partial charge in [0.25, 0.3) is 0 Å². The molecule has 0 aliphatic rings. The molecule has 0 spiro atoms. The Morgan fingerprint density at radius 1 is 1.33 bits per heavy atom. The van der Waals surface area contributed by atoms with Crippen LogP contribution in [0.5, 0.6) is 11.8 Å². The summed E-state index contributed by atoms with van der Waals surface area (Å²) in [5, 5.41) is 11.3. The Morgan fingerprint density at radius 2 is 2.00 bits per heavy atom. The zero-order valence-electron chi connectivity index (χ0n) is 9.33. The van der Waals surface area contributed by atoms with Gasteiger partial charge in [-0.25, -0.2) is 9.97 Å². The Bertz CT molecular complexity index is 587. The Labute approximate surface area is 107 Å². The molecule has 7 heteroatoms. The SMILES string of the molecule is Cc1cccc(Oc2ncc(Cl)cn2)c1[N+](=O)[O-]. The van der Waals surface area contributed by atoms with Crippen molar-refractivity contribution >= 4 is 17.3 Å². The van der Waals surface area contributed by atoms with Gasteiger partial charge in [0, 0.05) is 5.56 Å². The van der Waals surface area contributed by atoms with Gasteiger partial charge in [-0.05, 0) is 13.0 Å². The van der Waals surface area contributed by atoms with Crippen molar-refractivity contribution in [3.63, 3.8) is 0 Å². The number of aromatic nitrogens is 2. The molecule has 0 saturated heterocycles. The largest absolute Gasteiger partial charge is 0.417 e. The zero-order valence-corrected chi connectivity index (χ0v) is 10.1. The number of nitro groups is 1. The second kappa shape index (κ2) is 4.97. The first-order chi connectivity index (χ1) is 8.58. The van der Waals surface area contributed by atoms with Crippen LogP contribution in [0.1, 0.15) is 5.56 Å². The maximum absolute atomic E-state index is 11.0. The standard InChI is InChI=1S/C11H8ClN3O3/c1-7-3-2-4-9(10(7)15(16)17)18-11-13-5-8(12)6-14-11/h2-6H,1H3. The highest BCUT2D eigenvalue weighted by Crippen LogP contribution is 2.32. The van der Waals surface area contributed by atoms with Crippen molar-refractivity contribution in [2.24, 2.45) is 0 Å². The average Bonchev–Trinajstić information content (AvgIpc) is 2.32. The van der Waals surface area contributed by atoms with Crippen molar-refractivity contribution in [3.8, 4) is 11.8 Å². The number of rotatable bonds is 3. The van der Waals surface area contributed by atoms with Gasteiger partial charge in [0.05, 0.1) is 22.3 Å². The molecule has 6 nitrogen and oxygen atoms in total. The molecule has 2 rings (SSSR count). The Hall–Kier alpha value is -2.21. The number of nitro benzene ring substituents is 1. The summed E-state index contributed by atoms with van der Waals surface area (Å²) in [4.78, 5) is 18.1. The molecule has 0 fully saturated rings. The number of benzene rings is 1. The molecule has 1 aromatic heterocycles. The minimum atomic E-state index is -0.499. The molecule has 0 saturated carbocycles. The van der Waals surface area contributed by atoms with E-state index in [-0.39, 0.29) is 17.4 Å². The average molecular weight is 266 g/mol. The maximum Gasteiger partial charge on any atom is 0.322 e. The highest BCUT2D eigenvalue weighted by molar-refractivity contribution is 6.30. The van der Waals surface area contributed by atoms with Crippen LogP contribution in [0.2, 0.25) is 5.02 Å². The molecule has 0 radical (unpaired) electrons. The van der Waals surface area contributed by atoms with E-state index in [1.807, 2.05) is 0 Å². The predicted molar refractivity (Wildman–Crippen MR) is 64.9 cm³/mol. The van der Waals surface area contributed by atoms with Crippen molar-refractivity contribution in [2.75, 3.05) is 0 Å². The summed E-state index contributed by atoms with van der Waals surface area (Å²) < 4.78 is 5.28. The van der Waals surface area contributed by atoms with Gasteiger partial charge >= 0.3 is 11.7 Å². The molecule has 0 N–H and O–H groups in total. The van der Waals surface area contributed by atoms with Gasteiger partial charge in [0.15, 0.2) is 0 Å². The lowest BCUT2D eigenvalue weighted by atomic mass is 10.2. The van der Waals surface area contributed by atoms with Crippen molar-refractivity contribution < 1.29 is 9.66 Å². The van der Waals surface area contributed by atoms with Crippen LogP contribution in [-0.2, 0) is 0 Å². The van der Waals surface area contributed by atoms with E-state index in [1.54, 1.807) is 19.1 Å². The lowest BCUT2D eigenvalue weighted by Crippen LogP contribution is -1.97. The van der Waals surface area contributed by atoms with Gasteiger partial charge in [0.1, 0.15) is 0 Å². The summed E-state index contributed by atoms with van der Waals surface area (Å²) in [6, 6.07) is 4.79. The Balaban J connectivity index is 2.37. The van der Waals surface area contributed by atoms with Crippen molar-refractivity contribution in [2.45, 2.75) is 6.92 Å². The molecule has 0 aliphatic carbocycles. The zero-order chi connectivity index (χ0) is 13.1. The van der Waals surface area contributed by atoms with Gasteiger partial charge in [-0.15, -0.1) is 0 Å². The molecule has 0 bridgehead atoms. The third-order valence-corrected chi connectivity index (χ3v) is 2.38. The van der Waals surface area contributed by atoms with Crippen LogP contribution in [0.25, 0.3) is 0 Å². The van der Waals surface area contributed by atoms with Crippen LogP contribution in [0.4, 0.5) is 5.69 Å². The van der Waals surface area contributed by atoms with Crippen LogP contribution in [0.3, 0.4) is 0 Å². The molecule has 1 heterocycles. The normalized spacial score (nSPS) is 10.1. The van der Waals surface area contributed by atoms with Gasteiger partial charge in [0.2, 0.25) is 5.75 Å². The summed E-state index contributed by atoms with van der Waals surface area (Å²) in [6.07, 6.45) is 2.71. The fourth-order valence-corrected chi connectivity index (χ4v) is 1.50. The van der Waals surface area contributed by atoms with Crippen LogP contribution in [0.15, 0.2) is 30.6 Å². The fourth-order valence-electron chi connectivity index (χ4n) is 1.40. The van der Waals surface area contributed by atoms with Crippen molar-refractivity contribution in [1.82, 2.24) is 9.97 Å². The second-order valence-corrected chi connectivity index (χ2v) is 3.90. The van der Waals surface area contributed by atoms with E-state index in [0.29, 0.717) is 10.6 Å². The van der Waals surface area contributed by atoms with E-state index in [4.69, 9.17) is 16.3 Å². The summed E-state index contributed by atoms with van der Waals surface area (Å²) in [6.45, 7) is 1.63.